The van der Waals surface area contributed by atoms with E-state index in [1.54, 1.807) is 0 Å². The van der Waals surface area contributed by atoms with Crippen LogP contribution < -0.4 is 5.32 Å². The van der Waals surface area contributed by atoms with Crippen LogP contribution in [-0.2, 0) is 10.9 Å². The second kappa shape index (κ2) is 8.82. The molecule has 0 bridgehead atoms. The fraction of sp³-hybridized carbons (Fsp3) is 0.316. The number of halogens is 3. The molecule has 4 nitrogen and oxygen atoms in total. The maximum atomic E-state index is 12.8. The van der Waals surface area contributed by atoms with Crippen LogP contribution >= 0.6 is 0 Å². The van der Waals surface area contributed by atoms with Crippen molar-refractivity contribution in [3.8, 4) is 0 Å². The fourth-order valence-electron chi connectivity index (χ4n) is 2.37. The Bertz CT molecular complexity index is 730. The Morgan fingerprint density at radius 1 is 1.19 bits per heavy atom. The van der Waals surface area contributed by atoms with E-state index in [1.165, 1.54) is 12.1 Å². The van der Waals surface area contributed by atoms with E-state index < -0.39 is 23.8 Å². The molecule has 0 radical (unpaired) electrons. The zero-order valence-electron chi connectivity index (χ0n) is 14.2. The average molecular weight is 367 g/mol. The Hall–Kier alpha value is -2.38. The van der Waals surface area contributed by atoms with Crippen molar-refractivity contribution in [1.29, 1.82) is 0 Å². The molecule has 0 heterocycles. The van der Waals surface area contributed by atoms with Crippen LogP contribution in [0.25, 0.3) is 0 Å². The molecule has 0 aliphatic carbocycles. The standard InChI is InChI=1S/C19H20F3NO3/c1-13-5-7-14(8-6-13)17(26-10-9-24)12-23-18(25)15-3-2-4-16(11-15)19(20,21)22/h2-8,11,17,24H,9-10,12H2,1H3,(H,23,25)/t17-/m0/s1. The lowest BCUT2D eigenvalue weighted by molar-refractivity contribution is -0.137. The molecule has 0 saturated heterocycles. The number of carbonyl (C=O) groups excluding carboxylic acids is 1. The zero-order chi connectivity index (χ0) is 19.2. The van der Waals surface area contributed by atoms with Gasteiger partial charge in [-0.15, -0.1) is 0 Å². The van der Waals surface area contributed by atoms with Gasteiger partial charge in [-0.05, 0) is 30.7 Å². The molecule has 0 aromatic heterocycles. The van der Waals surface area contributed by atoms with Crippen molar-refractivity contribution in [3.63, 3.8) is 0 Å². The third-order valence-corrected chi connectivity index (χ3v) is 3.76. The number of amides is 1. The normalized spacial score (nSPS) is 12.7. The number of aliphatic hydroxyl groups excluding tert-OH is 1. The van der Waals surface area contributed by atoms with Crippen molar-refractivity contribution in [2.45, 2.75) is 19.2 Å². The van der Waals surface area contributed by atoms with Crippen LogP contribution in [0.2, 0.25) is 0 Å². The highest BCUT2D eigenvalue weighted by Gasteiger charge is 2.30. The van der Waals surface area contributed by atoms with Gasteiger partial charge in [0, 0.05) is 12.1 Å². The number of rotatable bonds is 7. The summed E-state index contributed by atoms with van der Waals surface area (Å²) in [5.74, 6) is -0.624. The number of nitrogens with one attached hydrogen (secondary N) is 1. The second-order valence-electron chi connectivity index (χ2n) is 5.78. The van der Waals surface area contributed by atoms with Gasteiger partial charge >= 0.3 is 6.18 Å². The monoisotopic (exact) mass is 367 g/mol. The number of benzene rings is 2. The van der Waals surface area contributed by atoms with Crippen molar-refractivity contribution in [2.75, 3.05) is 19.8 Å². The van der Waals surface area contributed by atoms with Crippen molar-refractivity contribution in [3.05, 3.63) is 70.8 Å². The molecular weight excluding hydrogens is 347 g/mol. The Kier molecular flexibility index (Phi) is 6.76. The summed E-state index contributed by atoms with van der Waals surface area (Å²) in [6.07, 6.45) is -5.03. The highest BCUT2D eigenvalue weighted by molar-refractivity contribution is 5.94. The number of alkyl halides is 3. The number of carbonyl (C=O) groups is 1. The molecule has 26 heavy (non-hydrogen) atoms. The molecule has 0 aliphatic heterocycles. The molecule has 0 saturated carbocycles. The summed E-state index contributed by atoms with van der Waals surface area (Å²) in [5, 5.41) is 11.5. The van der Waals surface area contributed by atoms with E-state index in [-0.39, 0.29) is 25.3 Å². The summed E-state index contributed by atoms with van der Waals surface area (Å²) in [6, 6.07) is 11.7. The Morgan fingerprint density at radius 3 is 2.50 bits per heavy atom. The molecule has 1 amide bonds. The minimum absolute atomic E-state index is 0.0676. The first-order valence-corrected chi connectivity index (χ1v) is 8.05. The van der Waals surface area contributed by atoms with Crippen molar-refractivity contribution in [2.24, 2.45) is 0 Å². The molecule has 0 spiro atoms. The average Bonchev–Trinajstić information content (AvgIpc) is 2.62. The molecule has 2 N–H and O–H groups in total. The summed E-state index contributed by atoms with van der Waals surface area (Å²) in [4.78, 5) is 12.2. The molecule has 2 rings (SSSR count). The number of hydrogen-bond acceptors (Lipinski definition) is 3. The van der Waals surface area contributed by atoms with Gasteiger partial charge in [-0.2, -0.15) is 13.2 Å². The lowest BCUT2D eigenvalue weighted by Crippen LogP contribution is -2.30. The van der Waals surface area contributed by atoms with E-state index >= 15 is 0 Å². The Balaban J connectivity index is 2.08. The summed E-state index contributed by atoms with van der Waals surface area (Å²) in [7, 11) is 0. The lowest BCUT2D eigenvalue weighted by atomic mass is 10.1. The molecule has 1 atom stereocenters. The van der Waals surface area contributed by atoms with Crippen molar-refractivity contribution in [1.82, 2.24) is 5.32 Å². The molecule has 0 fully saturated rings. The van der Waals surface area contributed by atoms with E-state index in [2.05, 4.69) is 5.32 Å². The van der Waals surface area contributed by atoms with Crippen LogP contribution in [0.5, 0.6) is 0 Å². The molecular formula is C19H20F3NO3. The quantitative estimate of drug-likeness (QED) is 0.788. The highest BCUT2D eigenvalue weighted by atomic mass is 19.4. The van der Waals surface area contributed by atoms with Gasteiger partial charge in [-0.1, -0.05) is 35.9 Å². The molecule has 0 aliphatic rings. The minimum Gasteiger partial charge on any atom is -0.394 e. The van der Waals surface area contributed by atoms with Gasteiger partial charge in [0.05, 0.1) is 24.9 Å². The van der Waals surface area contributed by atoms with Crippen molar-refractivity contribution < 1.29 is 27.8 Å². The Labute approximate surface area is 149 Å². The smallest absolute Gasteiger partial charge is 0.394 e. The summed E-state index contributed by atoms with van der Waals surface area (Å²) in [5.41, 5.74) is 0.900. The van der Waals surface area contributed by atoms with E-state index in [0.29, 0.717) is 0 Å². The van der Waals surface area contributed by atoms with Crippen molar-refractivity contribution >= 4 is 5.91 Å². The molecule has 2 aromatic carbocycles. The Morgan fingerprint density at radius 2 is 1.88 bits per heavy atom. The first kappa shape index (κ1) is 19.9. The van der Waals surface area contributed by atoms with Gasteiger partial charge in [0.25, 0.3) is 5.91 Å². The van der Waals surface area contributed by atoms with Gasteiger partial charge in [-0.3, -0.25) is 4.79 Å². The molecule has 7 heteroatoms. The molecule has 0 unspecified atom stereocenters. The zero-order valence-corrected chi connectivity index (χ0v) is 14.2. The predicted octanol–water partition coefficient (Wildman–Crippen LogP) is 3.49. The fourth-order valence-corrected chi connectivity index (χ4v) is 2.37. The number of aryl methyl sites for hydroxylation is 1. The summed E-state index contributed by atoms with van der Waals surface area (Å²) >= 11 is 0. The van der Waals surface area contributed by atoms with Crippen LogP contribution in [0.1, 0.15) is 33.2 Å². The maximum Gasteiger partial charge on any atom is 0.416 e. The van der Waals surface area contributed by atoms with E-state index in [4.69, 9.17) is 9.84 Å². The predicted molar refractivity (Wildman–Crippen MR) is 90.7 cm³/mol. The van der Waals surface area contributed by atoms with Gasteiger partial charge in [-0.25, -0.2) is 0 Å². The highest BCUT2D eigenvalue weighted by Crippen LogP contribution is 2.29. The SMILES string of the molecule is Cc1ccc([C@H](CNC(=O)c2cccc(C(F)(F)F)c2)OCCO)cc1. The topological polar surface area (TPSA) is 58.6 Å². The number of aliphatic hydroxyl groups is 1. The van der Waals surface area contributed by atoms with Crippen LogP contribution in [0.3, 0.4) is 0 Å². The van der Waals surface area contributed by atoms with Crippen LogP contribution in [0.4, 0.5) is 13.2 Å². The van der Waals surface area contributed by atoms with Gasteiger partial charge in [0.2, 0.25) is 0 Å². The molecule has 2 aromatic rings. The first-order valence-electron chi connectivity index (χ1n) is 8.05. The van der Waals surface area contributed by atoms with Gasteiger partial charge < -0.3 is 15.2 Å². The minimum atomic E-state index is -4.51. The van der Waals surface area contributed by atoms with Crippen LogP contribution in [0.15, 0.2) is 48.5 Å². The van der Waals surface area contributed by atoms with Crippen LogP contribution in [-0.4, -0.2) is 30.8 Å². The summed E-state index contributed by atoms with van der Waals surface area (Å²) < 4.78 is 43.8. The second-order valence-corrected chi connectivity index (χ2v) is 5.78. The lowest BCUT2D eigenvalue weighted by Gasteiger charge is -2.19. The van der Waals surface area contributed by atoms with E-state index in [9.17, 15) is 18.0 Å². The maximum absolute atomic E-state index is 12.8. The van der Waals surface area contributed by atoms with E-state index in [1.807, 2.05) is 31.2 Å². The summed E-state index contributed by atoms with van der Waals surface area (Å²) in [6.45, 7) is 1.91. The van der Waals surface area contributed by atoms with Gasteiger partial charge in [0.15, 0.2) is 0 Å². The number of hydrogen-bond donors (Lipinski definition) is 2. The largest absolute Gasteiger partial charge is 0.416 e. The van der Waals surface area contributed by atoms with E-state index in [0.717, 1.165) is 23.3 Å². The van der Waals surface area contributed by atoms with Crippen LogP contribution in [0, 0.1) is 6.92 Å². The molecule has 140 valence electrons. The number of ether oxygens (including phenoxy) is 1. The third-order valence-electron chi connectivity index (χ3n) is 3.76. The van der Waals surface area contributed by atoms with Gasteiger partial charge in [0.1, 0.15) is 0 Å². The third kappa shape index (κ3) is 5.57. The first-order chi connectivity index (χ1) is 12.3.